The molecule has 6 heteroatoms. The molecular weight excluding hydrogens is 406 g/mol. The molecule has 0 saturated carbocycles. The summed E-state index contributed by atoms with van der Waals surface area (Å²) in [6.45, 7) is 0.669. The zero-order chi connectivity index (χ0) is 11.7. The van der Waals surface area contributed by atoms with E-state index in [0.29, 0.717) is 24.7 Å². The van der Waals surface area contributed by atoms with E-state index < -0.39 is 0 Å². The van der Waals surface area contributed by atoms with Crippen LogP contribution in [-0.4, -0.2) is 23.3 Å². The fraction of sp³-hybridized carbons (Fsp3) is 0.400. The van der Waals surface area contributed by atoms with Gasteiger partial charge in [0.25, 0.3) is 0 Å². The van der Waals surface area contributed by atoms with Gasteiger partial charge in [0.1, 0.15) is 10.4 Å². The van der Waals surface area contributed by atoms with Gasteiger partial charge >= 0.3 is 0 Å². The lowest BCUT2D eigenvalue weighted by atomic mass is 10.1. The van der Waals surface area contributed by atoms with Crippen LogP contribution < -0.4 is 4.90 Å². The lowest BCUT2D eigenvalue weighted by Gasteiger charge is -2.15. The number of carbonyl (C=O) groups excluding carboxylic acids is 1. The highest BCUT2D eigenvalue weighted by molar-refractivity contribution is 14.1. The van der Waals surface area contributed by atoms with Gasteiger partial charge < -0.3 is 0 Å². The third kappa shape index (κ3) is 2.51. The van der Waals surface area contributed by atoms with E-state index in [-0.39, 0.29) is 11.8 Å². The molecular formula is C10H9BrClIN2O. The molecule has 1 saturated heterocycles. The topological polar surface area (TPSA) is 33.2 Å². The van der Waals surface area contributed by atoms with Gasteiger partial charge in [-0.1, -0.05) is 0 Å². The largest absolute Gasteiger partial charge is 0.296 e. The summed E-state index contributed by atoms with van der Waals surface area (Å²) in [5.41, 5.74) is 0. The second kappa shape index (κ2) is 5.18. The van der Waals surface area contributed by atoms with Gasteiger partial charge in [-0.25, -0.2) is 4.98 Å². The second-order valence-electron chi connectivity index (χ2n) is 3.67. The standard InChI is InChI=1S/C10H9BrClIN2O/c11-10-7(13)1-2-8(14-10)15-5-6(4-12)3-9(15)16/h1-2,6H,3-5H2. The van der Waals surface area contributed by atoms with Crippen LogP contribution in [0, 0.1) is 9.49 Å². The number of aromatic nitrogens is 1. The van der Waals surface area contributed by atoms with Gasteiger partial charge in [-0.2, -0.15) is 0 Å². The highest BCUT2D eigenvalue weighted by Crippen LogP contribution is 2.27. The summed E-state index contributed by atoms with van der Waals surface area (Å²) in [4.78, 5) is 17.8. The maximum Gasteiger partial charge on any atom is 0.228 e. The minimum absolute atomic E-state index is 0.103. The first kappa shape index (κ1) is 12.6. The molecule has 86 valence electrons. The van der Waals surface area contributed by atoms with Gasteiger partial charge in [0.2, 0.25) is 5.91 Å². The quantitative estimate of drug-likeness (QED) is 0.423. The molecule has 1 amide bonds. The average molecular weight is 415 g/mol. The Hall–Kier alpha value is 0.120. The monoisotopic (exact) mass is 414 g/mol. The van der Waals surface area contributed by atoms with Crippen LogP contribution in [0.15, 0.2) is 16.7 Å². The van der Waals surface area contributed by atoms with E-state index in [1.807, 2.05) is 12.1 Å². The van der Waals surface area contributed by atoms with Gasteiger partial charge in [0.15, 0.2) is 0 Å². The number of amides is 1. The summed E-state index contributed by atoms with van der Waals surface area (Å²) >= 11 is 11.3. The SMILES string of the molecule is O=C1CC(CCl)CN1c1ccc(I)c(Br)n1. The Balaban J connectivity index is 2.24. The van der Waals surface area contributed by atoms with Gasteiger partial charge in [-0.05, 0) is 56.6 Å². The summed E-state index contributed by atoms with van der Waals surface area (Å²) < 4.78 is 1.80. The number of hydrogen-bond donors (Lipinski definition) is 0. The molecule has 2 heterocycles. The molecule has 1 unspecified atom stereocenters. The smallest absolute Gasteiger partial charge is 0.228 e. The van der Waals surface area contributed by atoms with E-state index >= 15 is 0 Å². The summed E-state index contributed by atoms with van der Waals surface area (Å²) in [7, 11) is 0. The minimum atomic E-state index is 0.103. The van der Waals surface area contributed by atoms with Crippen LogP contribution >= 0.6 is 50.1 Å². The van der Waals surface area contributed by atoms with Crippen molar-refractivity contribution >= 4 is 61.8 Å². The van der Waals surface area contributed by atoms with Crippen LogP contribution in [0.25, 0.3) is 0 Å². The Morgan fingerprint density at radius 3 is 2.94 bits per heavy atom. The molecule has 1 aromatic rings. The van der Waals surface area contributed by atoms with E-state index in [1.54, 1.807) is 4.90 Å². The van der Waals surface area contributed by atoms with Crippen molar-refractivity contribution in [2.75, 3.05) is 17.3 Å². The number of anilines is 1. The Morgan fingerprint density at radius 2 is 2.38 bits per heavy atom. The number of carbonyl (C=O) groups is 1. The minimum Gasteiger partial charge on any atom is -0.296 e. The highest BCUT2D eigenvalue weighted by atomic mass is 127. The predicted molar refractivity (Wildman–Crippen MR) is 75.8 cm³/mol. The molecule has 1 aliphatic rings. The maximum absolute atomic E-state index is 11.8. The number of pyridine rings is 1. The fourth-order valence-electron chi connectivity index (χ4n) is 1.66. The van der Waals surface area contributed by atoms with E-state index in [2.05, 4.69) is 43.5 Å². The summed E-state index contributed by atoms with van der Waals surface area (Å²) in [5, 5.41) is 0. The molecule has 1 aromatic heterocycles. The third-order valence-corrected chi connectivity index (χ3v) is 5.14. The lowest BCUT2D eigenvalue weighted by Crippen LogP contribution is -2.25. The third-order valence-electron chi connectivity index (χ3n) is 2.49. The van der Waals surface area contributed by atoms with E-state index in [9.17, 15) is 4.79 Å². The first-order valence-electron chi connectivity index (χ1n) is 4.80. The van der Waals surface area contributed by atoms with Crippen LogP contribution in [0.1, 0.15) is 6.42 Å². The van der Waals surface area contributed by atoms with E-state index in [1.165, 1.54) is 0 Å². The second-order valence-corrected chi connectivity index (χ2v) is 5.89. The maximum atomic E-state index is 11.8. The fourth-order valence-corrected chi connectivity index (χ4v) is 2.49. The molecule has 2 rings (SSSR count). The Labute approximate surface area is 121 Å². The molecule has 0 spiro atoms. The van der Waals surface area contributed by atoms with Crippen LogP contribution in [0.3, 0.4) is 0 Å². The van der Waals surface area contributed by atoms with E-state index in [4.69, 9.17) is 11.6 Å². The molecule has 1 atom stereocenters. The molecule has 3 nitrogen and oxygen atoms in total. The Kier molecular flexibility index (Phi) is 4.07. The molecule has 0 aliphatic carbocycles. The van der Waals surface area contributed by atoms with Crippen molar-refractivity contribution in [2.45, 2.75) is 6.42 Å². The molecule has 0 radical (unpaired) electrons. The number of nitrogens with zero attached hydrogens (tertiary/aromatic N) is 2. The van der Waals surface area contributed by atoms with Gasteiger partial charge in [0.05, 0.1) is 0 Å². The summed E-state index contributed by atoms with van der Waals surface area (Å²) in [6, 6.07) is 3.80. The summed E-state index contributed by atoms with van der Waals surface area (Å²) in [6.07, 6.45) is 0.523. The first-order chi connectivity index (χ1) is 7.61. The van der Waals surface area contributed by atoms with Gasteiger partial charge in [-0.3, -0.25) is 9.69 Å². The molecule has 0 aromatic carbocycles. The number of alkyl halides is 1. The molecule has 0 bridgehead atoms. The van der Waals surface area contributed by atoms with Crippen LogP contribution in [0.5, 0.6) is 0 Å². The molecule has 1 aliphatic heterocycles. The average Bonchev–Trinajstić information content (AvgIpc) is 2.64. The Bertz CT molecular complexity index is 429. The first-order valence-corrected chi connectivity index (χ1v) is 7.21. The normalized spacial score (nSPS) is 20.6. The predicted octanol–water partition coefficient (Wildman–Crippen LogP) is 3.04. The van der Waals surface area contributed by atoms with Gasteiger partial charge in [-0.15, -0.1) is 11.6 Å². The number of hydrogen-bond acceptors (Lipinski definition) is 2. The van der Waals surface area contributed by atoms with Crippen molar-refractivity contribution in [1.29, 1.82) is 0 Å². The van der Waals surface area contributed by atoms with Crippen LogP contribution in [0.2, 0.25) is 0 Å². The summed E-state index contributed by atoms with van der Waals surface area (Å²) in [5.74, 6) is 1.57. The van der Waals surface area contributed by atoms with Crippen molar-refractivity contribution in [2.24, 2.45) is 5.92 Å². The zero-order valence-electron chi connectivity index (χ0n) is 8.29. The van der Waals surface area contributed by atoms with Crippen molar-refractivity contribution < 1.29 is 4.79 Å². The van der Waals surface area contributed by atoms with Crippen molar-refractivity contribution in [3.63, 3.8) is 0 Å². The van der Waals surface area contributed by atoms with Crippen LogP contribution in [0.4, 0.5) is 5.82 Å². The van der Waals surface area contributed by atoms with E-state index in [0.717, 1.165) is 8.17 Å². The molecule has 16 heavy (non-hydrogen) atoms. The van der Waals surface area contributed by atoms with Crippen molar-refractivity contribution in [3.05, 3.63) is 20.3 Å². The van der Waals surface area contributed by atoms with Gasteiger partial charge in [0, 0.05) is 22.4 Å². The lowest BCUT2D eigenvalue weighted by molar-refractivity contribution is -0.117. The zero-order valence-corrected chi connectivity index (χ0v) is 12.8. The molecule has 0 N–H and O–H groups in total. The Morgan fingerprint density at radius 1 is 1.62 bits per heavy atom. The number of halogens is 3. The van der Waals surface area contributed by atoms with Crippen molar-refractivity contribution in [1.82, 2.24) is 4.98 Å². The number of rotatable bonds is 2. The highest BCUT2D eigenvalue weighted by Gasteiger charge is 2.30. The van der Waals surface area contributed by atoms with Crippen LogP contribution in [-0.2, 0) is 4.79 Å². The van der Waals surface area contributed by atoms with Crippen molar-refractivity contribution in [3.8, 4) is 0 Å². The molecule has 1 fully saturated rings.